The normalized spacial score (nSPS) is 11.7. The van der Waals surface area contributed by atoms with Crippen molar-refractivity contribution in [2.24, 2.45) is 0 Å². The number of furan rings is 2. The fraction of sp³-hybridized carbons (Fsp3) is 0. The molecule has 0 aliphatic heterocycles. The number of para-hydroxylation sites is 4. The third kappa shape index (κ3) is 6.38. The van der Waals surface area contributed by atoms with Crippen LogP contribution in [0.3, 0.4) is 0 Å². The first-order valence-electron chi connectivity index (χ1n) is 23.8. The summed E-state index contributed by atoms with van der Waals surface area (Å²) in [5, 5.41) is 11.4. The largest absolute Gasteiger partial charge is 0.455 e. The molecule has 0 aliphatic carbocycles. The molecule has 0 spiro atoms. The summed E-state index contributed by atoms with van der Waals surface area (Å²) in [6.45, 7) is 0. The van der Waals surface area contributed by atoms with Gasteiger partial charge in [0.2, 0.25) is 0 Å². The van der Waals surface area contributed by atoms with Crippen LogP contribution >= 0.6 is 0 Å². The van der Waals surface area contributed by atoms with Gasteiger partial charge in [0.1, 0.15) is 22.3 Å². The maximum absolute atomic E-state index is 6.86. The molecule has 0 fully saturated rings. The van der Waals surface area contributed by atoms with Gasteiger partial charge in [-0.2, -0.15) is 0 Å². The first-order chi connectivity index (χ1) is 34.7. The zero-order valence-electron chi connectivity index (χ0n) is 38.0. The Morgan fingerprint density at radius 2 is 0.629 bits per heavy atom. The molecular formula is C66H42N2O2. The van der Waals surface area contributed by atoms with E-state index in [1.165, 1.54) is 16.2 Å². The monoisotopic (exact) mass is 894 g/mol. The van der Waals surface area contributed by atoms with E-state index >= 15 is 0 Å². The lowest BCUT2D eigenvalue weighted by molar-refractivity contribution is 0.669. The van der Waals surface area contributed by atoms with E-state index in [2.05, 4.69) is 265 Å². The Hall–Kier alpha value is -9.38. The molecule has 70 heavy (non-hydrogen) atoms. The van der Waals surface area contributed by atoms with Crippen molar-refractivity contribution in [3.05, 3.63) is 255 Å². The summed E-state index contributed by atoms with van der Waals surface area (Å²) in [4.78, 5) is 4.77. The lowest BCUT2D eigenvalue weighted by Gasteiger charge is -2.29. The smallest absolute Gasteiger partial charge is 0.143 e. The molecule has 2 heterocycles. The lowest BCUT2D eigenvalue weighted by Crippen LogP contribution is -2.12. The Morgan fingerprint density at radius 1 is 0.257 bits per heavy atom. The van der Waals surface area contributed by atoms with Crippen molar-refractivity contribution in [1.82, 2.24) is 0 Å². The Labute approximate surface area is 404 Å². The molecule has 0 N–H and O–H groups in total. The zero-order valence-corrected chi connectivity index (χ0v) is 38.0. The van der Waals surface area contributed by atoms with Crippen LogP contribution in [0.25, 0.3) is 98.4 Å². The minimum atomic E-state index is 0.839. The molecule has 0 radical (unpaired) electrons. The van der Waals surface area contributed by atoms with E-state index in [1.54, 1.807) is 0 Å². The summed E-state index contributed by atoms with van der Waals surface area (Å²) in [5.74, 6) is 0. The quantitative estimate of drug-likeness (QED) is 0.142. The van der Waals surface area contributed by atoms with E-state index in [9.17, 15) is 0 Å². The van der Waals surface area contributed by atoms with Crippen LogP contribution in [0.15, 0.2) is 264 Å². The predicted molar refractivity (Wildman–Crippen MR) is 294 cm³/mol. The molecular weight excluding hydrogens is 853 g/mol. The number of hydrogen-bond acceptors (Lipinski definition) is 4. The summed E-state index contributed by atoms with van der Waals surface area (Å²) < 4.78 is 13.7. The van der Waals surface area contributed by atoms with Crippen molar-refractivity contribution in [3.63, 3.8) is 0 Å². The van der Waals surface area contributed by atoms with Crippen LogP contribution in [0.5, 0.6) is 0 Å². The van der Waals surface area contributed by atoms with Crippen molar-refractivity contribution in [2.45, 2.75) is 0 Å². The van der Waals surface area contributed by atoms with Crippen LogP contribution in [0.4, 0.5) is 34.1 Å². The summed E-state index contributed by atoms with van der Waals surface area (Å²) in [7, 11) is 0. The van der Waals surface area contributed by atoms with Gasteiger partial charge in [-0.3, -0.25) is 0 Å². The van der Waals surface area contributed by atoms with Gasteiger partial charge in [0.25, 0.3) is 0 Å². The van der Waals surface area contributed by atoms with Gasteiger partial charge in [-0.1, -0.05) is 182 Å². The topological polar surface area (TPSA) is 32.8 Å². The molecule has 0 saturated heterocycles. The molecule has 0 atom stereocenters. The van der Waals surface area contributed by atoms with Crippen LogP contribution in [0.2, 0.25) is 0 Å². The number of benzene rings is 12. The van der Waals surface area contributed by atoms with Crippen molar-refractivity contribution < 1.29 is 8.83 Å². The second kappa shape index (κ2) is 16.2. The Bertz CT molecular complexity index is 4020. The highest BCUT2D eigenvalue weighted by atomic mass is 16.3. The lowest BCUT2D eigenvalue weighted by atomic mass is 9.93. The third-order valence-electron chi connectivity index (χ3n) is 14.0. The molecule has 0 amide bonds. The summed E-state index contributed by atoms with van der Waals surface area (Å²) in [6, 6.07) is 91.0. The highest BCUT2D eigenvalue weighted by Gasteiger charge is 2.24. The minimum absolute atomic E-state index is 0.839. The number of anilines is 6. The predicted octanol–water partition coefficient (Wildman–Crippen LogP) is 19.2. The molecule has 328 valence electrons. The molecule has 4 nitrogen and oxygen atoms in total. The summed E-state index contributed by atoms with van der Waals surface area (Å²) >= 11 is 0. The van der Waals surface area contributed by atoms with E-state index in [1.807, 2.05) is 0 Å². The van der Waals surface area contributed by atoms with Crippen LogP contribution in [0.1, 0.15) is 0 Å². The van der Waals surface area contributed by atoms with E-state index in [0.29, 0.717) is 0 Å². The first-order valence-corrected chi connectivity index (χ1v) is 23.8. The van der Waals surface area contributed by atoms with Crippen molar-refractivity contribution in [1.29, 1.82) is 0 Å². The molecule has 0 saturated carbocycles. The van der Waals surface area contributed by atoms with Gasteiger partial charge in [0.15, 0.2) is 0 Å². The fourth-order valence-corrected chi connectivity index (χ4v) is 10.9. The van der Waals surface area contributed by atoms with Gasteiger partial charge in [-0.05, 0) is 93.3 Å². The second-order valence-corrected chi connectivity index (χ2v) is 18.0. The Kier molecular flexibility index (Phi) is 9.17. The average molecular weight is 895 g/mol. The van der Waals surface area contributed by atoms with E-state index in [4.69, 9.17) is 8.83 Å². The van der Waals surface area contributed by atoms with Crippen LogP contribution in [0, 0.1) is 0 Å². The number of nitrogens with zero attached hydrogens (tertiary/aromatic N) is 2. The van der Waals surface area contributed by atoms with Crippen LogP contribution < -0.4 is 9.80 Å². The van der Waals surface area contributed by atoms with Gasteiger partial charge in [-0.25, -0.2) is 0 Å². The number of fused-ring (bicyclic) bond motifs is 11. The summed E-state index contributed by atoms with van der Waals surface area (Å²) in [6.07, 6.45) is 0. The molecule has 12 aromatic carbocycles. The molecule has 0 bridgehead atoms. The molecule has 0 unspecified atom stereocenters. The number of rotatable bonds is 8. The highest BCUT2D eigenvalue weighted by molar-refractivity contribution is 6.26. The molecule has 4 heteroatoms. The Balaban J connectivity index is 0.995. The molecule has 14 aromatic rings. The Morgan fingerprint density at radius 3 is 1.06 bits per heavy atom. The van der Waals surface area contributed by atoms with Crippen molar-refractivity contribution >= 4 is 110 Å². The fourth-order valence-electron chi connectivity index (χ4n) is 10.9. The van der Waals surface area contributed by atoms with E-state index in [-0.39, 0.29) is 0 Å². The second-order valence-electron chi connectivity index (χ2n) is 18.0. The zero-order chi connectivity index (χ0) is 46.1. The van der Waals surface area contributed by atoms with Crippen LogP contribution in [-0.2, 0) is 0 Å². The molecule has 2 aromatic heterocycles. The number of hydrogen-bond donors (Lipinski definition) is 0. The third-order valence-corrected chi connectivity index (χ3v) is 14.0. The van der Waals surface area contributed by atoms with Gasteiger partial charge < -0.3 is 18.6 Å². The maximum atomic E-state index is 6.86. The van der Waals surface area contributed by atoms with Gasteiger partial charge in [-0.15, -0.1) is 0 Å². The molecule has 14 rings (SSSR count). The van der Waals surface area contributed by atoms with Crippen LogP contribution in [-0.4, -0.2) is 0 Å². The highest BCUT2D eigenvalue weighted by Crippen LogP contribution is 2.49. The standard InChI is InChI=1S/C66H42N2O2/c1-5-19-43(20-6-1)50-31-17-33-58-54-37-35-48(41-62(54)69-65(50)58)67(46-23-9-3-10-24-46)60-39-45-40-61(53-28-14-16-30-57(53)64(45)56-29-15-13-27-52(56)60)68(47-25-11-4-12-26-47)49-36-38-55-59-34-18-32-51(44-21-7-2-8-22-44)66(59)70-63(55)42-49/h1-42H. The SMILES string of the molecule is c1ccc(-c2cccc3c2oc2cc(N(c4ccccc4)c4cc5cc(N(c6ccccc6)c6ccc7c(c6)oc6c(-c8ccccc8)cccc67)c6ccccc6c5c5ccccc45)ccc23)cc1. The van der Waals surface area contributed by atoms with E-state index < -0.39 is 0 Å². The summed E-state index contributed by atoms with van der Waals surface area (Å²) in [5.41, 5.74) is 14.1. The maximum Gasteiger partial charge on any atom is 0.143 e. The van der Waals surface area contributed by atoms with Crippen molar-refractivity contribution in [2.75, 3.05) is 9.80 Å². The van der Waals surface area contributed by atoms with E-state index in [0.717, 1.165) is 116 Å². The van der Waals surface area contributed by atoms with Gasteiger partial charge in [0, 0.05) is 78.3 Å². The van der Waals surface area contributed by atoms with Gasteiger partial charge >= 0.3 is 0 Å². The minimum Gasteiger partial charge on any atom is -0.455 e. The first kappa shape index (κ1) is 39.8. The van der Waals surface area contributed by atoms with Crippen molar-refractivity contribution in [3.8, 4) is 22.3 Å². The average Bonchev–Trinajstić information content (AvgIpc) is 4.00. The van der Waals surface area contributed by atoms with Gasteiger partial charge in [0.05, 0.1) is 11.4 Å². The molecule has 0 aliphatic rings.